The molecule has 0 saturated carbocycles. The Balaban J connectivity index is 1.63. The third-order valence-corrected chi connectivity index (χ3v) is 4.80. The van der Waals surface area contributed by atoms with Crippen LogP contribution >= 0.6 is 23.8 Å². The minimum atomic E-state index is -0.221. The third-order valence-electron chi connectivity index (χ3n) is 4.19. The van der Waals surface area contributed by atoms with E-state index < -0.39 is 0 Å². The highest BCUT2D eigenvalue weighted by Crippen LogP contribution is 2.30. The molecule has 3 aromatic rings. The molecule has 1 aromatic heterocycles. The first-order valence-corrected chi connectivity index (χ1v) is 9.10. The Morgan fingerprint density at radius 2 is 1.93 bits per heavy atom. The van der Waals surface area contributed by atoms with Gasteiger partial charge in [0.15, 0.2) is 5.11 Å². The van der Waals surface area contributed by atoms with Crippen molar-refractivity contribution in [3.63, 3.8) is 0 Å². The van der Waals surface area contributed by atoms with Gasteiger partial charge in [-0.3, -0.25) is 9.69 Å². The van der Waals surface area contributed by atoms with Gasteiger partial charge in [0, 0.05) is 11.6 Å². The van der Waals surface area contributed by atoms with Gasteiger partial charge >= 0.3 is 0 Å². The number of hydrogen-bond donors (Lipinski definition) is 1. The number of rotatable bonds is 3. The zero-order valence-electron chi connectivity index (χ0n) is 14.4. The Morgan fingerprint density at radius 3 is 2.70 bits per heavy atom. The van der Waals surface area contributed by atoms with E-state index in [1.807, 2.05) is 55.5 Å². The molecule has 0 spiro atoms. The Kier molecular flexibility index (Phi) is 4.56. The molecule has 27 heavy (non-hydrogen) atoms. The van der Waals surface area contributed by atoms with Crippen molar-refractivity contribution in [2.75, 3.05) is 4.90 Å². The predicted octanol–water partition coefficient (Wildman–Crippen LogP) is 5.17. The van der Waals surface area contributed by atoms with Crippen LogP contribution in [-0.4, -0.2) is 11.0 Å². The Bertz CT molecular complexity index is 1090. The number of anilines is 1. The number of carbonyl (C=O) groups is 1. The highest BCUT2D eigenvalue weighted by atomic mass is 35.5. The van der Waals surface area contributed by atoms with Crippen LogP contribution in [0.2, 0.25) is 5.02 Å². The van der Waals surface area contributed by atoms with Gasteiger partial charge in [-0.1, -0.05) is 35.9 Å². The van der Waals surface area contributed by atoms with Gasteiger partial charge in [-0.25, -0.2) is 0 Å². The Morgan fingerprint density at radius 1 is 1.11 bits per heavy atom. The summed E-state index contributed by atoms with van der Waals surface area (Å²) < 4.78 is 5.84. The third kappa shape index (κ3) is 3.39. The molecule has 1 saturated heterocycles. The molecule has 4 nitrogen and oxygen atoms in total. The van der Waals surface area contributed by atoms with Crippen molar-refractivity contribution in [2.24, 2.45) is 0 Å². The van der Waals surface area contributed by atoms with E-state index in [9.17, 15) is 4.79 Å². The standard InChI is InChI=1S/C21H15ClN2O2S/c1-13-5-4-6-14(11-13)24-20(25)18(23-21(24)27)12-15-9-10-19(26-15)16-7-2-3-8-17(16)22/h2-12H,1H3,(H,23,27)/b18-12-. The largest absolute Gasteiger partial charge is 0.457 e. The zero-order valence-corrected chi connectivity index (χ0v) is 16.0. The van der Waals surface area contributed by atoms with Crippen molar-refractivity contribution >= 4 is 46.6 Å². The van der Waals surface area contributed by atoms with Crippen LogP contribution in [0.3, 0.4) is 0 Å². The maximum absolute atomic E-state index is 12.8. The normalized spacial score (nSPS) is 15.5. The minimum Gasteiger partial charge on any atom is -0.457 e. The Labute approximate surface area is 167 Å². The first kappa shape index (κ1) is 17.5. The topological polar surface area (TPSA) is 45.5 Å². The second-order valence-corrected chi connectivity index (χ2v) is 6.94. The lowest BCUT2D eigenvalue weighted by Crippen LogP contribution is -2.30. The number of furan rings is 1. The van der Waals surface area contributed by atoms with Crippen LogP contribution in [0.15, 0.2) is 70.8 Å². The molecule has 0 unspecified atom stereocenters. The van der Waals surface area contributed by atoms with Crippen LogP contribution in [0, 0.1) is 6.92 Å². The smallest absolute Gasteiger partial charge is 0.281 e. The predicted molar refractivity (Wildman–Crippen MR) is 112 cm³/mol. The van der Waals surface area contributed by atoms with Crippen molar-refractivity contribution < 1.29 is 9.21 Å². The van der Waals surface area contributed by atoms with E-state index in [0.717, 1.165) is 16.8 Å². The van der Waals surface area contributed by atoms with Gasteiger partial charge in [-0.15, -0.1) is 0 Å². The Hall–Kier alpha value is -2.89. The summed E-state index contributed by atoms with van der Waals surface area (Å²) in [6.07, 6.45) is 1.64. The molecule has 1 aliphatic heterocycles. The zero-order chi connectivity index (χ0) is 19.0. The lowest BCUT2D eigenvalue weighted by Gasteiger charge is -2.14. The van der Waals surface area contributed by atoms with Crippen molar-refractivity contribution in [3.8, 4) is 11.3 Å². The van der Waals surface area contributed by atoms with Crippen molar-refractivity contribution in [3.05, 3.63) is 82.7 Å². The summed E-state index contributed by atoms with van der Waals surface area (Å²) in [5.41, 5.74) is 2.95. The van der Waals surface area contributed by atoms with Crippen molar-refractivity contribution in [1.82, 2.24) is 5.32 Å². The van der Waals surface area contributed by atoms with E-state index in [0.29, 0.717) is 27.4 Å². The van der Waals surface area contributed by atoms with Gasteiger partial charge < -0.3 is 9.73 Å². The number of aryl methyl sites for hydroxylation is 1. The maximum atomic E-state index is 12.8. The average molecular weight is 395 g/mol. The molecule has 134 valence electrons. The summed E-state index contributed by atoms with van der Waals surface area (Å²) in [5.74, 6) is 0.951. The van der Waals surface area contributed by atoms with Crippen molar-refractivity contribution in [2.45, 2.75) is 6.92 Å². The van der Waals surface area contributed by atoms with Crippen LogP contribution in [0.5, 0.6) is 0 Å². The van der Waals surface area contributed by atoms with Gasteiger partial charge in [0.25, 0.3) is 5.91 Å². The number of nitrogens with one attached hydrogen (secondary N) is 1. The number of carbonyl (C=O) groups excluding carboxylic acids is 1. The summed E-state index contributed by atoms with van der Waals surface area (Å²) in [6.45, 7) is 1.97. The molecule has 6 heteroatoms. The fourth-order valence-corrected chi connectivity index (χ4v) is 3.44. The monoisotopic (exact) mass is 394 g/mol. The quantitative estimate of drug-likeness (QED) is 0.491. The van der Waals surface area contributed by atoms with Crippen LogP contribution in [0.25, 0.3) is 17.4 Å². The molecule has 1 fully saturated rings. The van der Waals surface area contributed by atoms with Crippen LogP contribution in [0.1, 0.15) is 11.3 Å². The number of halogens is 1. The van der Waals surface area contributed by atoms with Gasteiger partial charge in [-0.2, -0.15) is 0 Å². The molecule has 0 radical (unpaired) electrons. The second-order valence-electron chi connectivity index (χ2n) is 6.15. The molecule has 1 N–H and O–H groups in total. The summed E-state index contributed by atoms with van der Waals surface area (Å²) in [4.78, 5) is 14.3. The molecular weight excluding hydrogens is 380 g/mol. The molecular formula is C21H15ClN2O2S. The van der Waals surface area contributed by atoms with E-state index >= 15 is 0 Å². The second kappa shape index (κ2) is 7.02. The molecule has 2 heterocycles. The summed E-state index contributed by atoms with van der Waals surface area (Å²) in [5, 5.41) is 3.91. The number of amides is 1. The minimum absolute atomic E-state index is 0.221. The average Bonchev–Trinajstić information content (AvgIpc) is 3.20. The molecule has 4 rings (SSSR count). The number of thiocarbonyl (C=S) groups is 1. The van der Waals surface area contributed by atoms with Gasteiger partial charge in [0.1, 0.15) is 17.2 Å². The molecule has 1 amide bonds. The van der Waals surface area contributed by atoms with E-state index in [1.54, 1.807) is 18.2 Å². The summed E-state index contributed by atoms with van der Waals surface area (Å²) in [7, 11) is 0. The maximum Gasteiger partial charge on any atom is 0.281 e. The van der Waals surface area contributed by atoms with E-state index in [1.165, 1.54) is 4.90 Å². The summed E-state index contributed by atoms with van der Waals surface area (Å²) >= 11 is 11.6. The fraction of sp³-hybridized carbons (Fsp3) is 0.0476. The molecule has 0 aliphatic carbocycles. The van der Waals surface area contributed by atoms with Crippen molar-refractivity contribution in [1.29, 1.82) is 0 Å². The van der Waals surface area contributed by atoms with Crippen LogP contribution in [0.4, 0.5) is 5.69 Å². The lowest BCUT2D eigenvalue weighted by molar-refractivity contribution is -0.113. The number of benzene rings is 2. The highest BCUT2D eigenvalue weighted by molar-refractivity contribution is 7.80. The molecule has 2 aromatic carbocycles. The van der Waals surface area contributed by atoms with Gasteiger partial charge in [0.05, 0.1) is 10.7 Å². The fourth-order valence-electron chi connectivity index (χ4n) is 2.92. The molecule has 0 bridgehead atoms. The number of hydrogen-bond acceptors (Lipinski definition) is 3. The highest BCUT2D eigenvalue weighted by Gasteiger charge is 2.32. The first-order valence-electron chi connectivity index (χ1n) is 8.31. The van der Waals surface area contributed by atoms with E-state index in [-0.39, 0.29) is 5.91 Å². The molecule has 0 atom stereocenters. The van der Waals surface area contributed by atoms with Gasteiger partial charge in [0.2, 0.25) is 0 Å². The summed E-state index contributed by atoms with van der Waals surface area (Å²) in [6, 6.07) is 18.7. The number of nitrogens with zero attached hydrogens (tertiary/aromatic N) is 1. The molecule has 1 aliphatic rings. The van der Waals surface area contributed by atoms with Crippen LogP contribution in [-0.2, 0) is 4.79 Å². The SMILES string of the molecule is Cc1cccc(N2C(=O)/C(=C/c3ccc(-c4ccccc4Cl)o3)NC2=S)c1. The first-order chi connectivity index (χ1) is 13.0. The van der Waals surface area contributed by atoms with Crippen LogP contribution < -0.4 is 10.2 Å². The van der Waals surface area contributed by atoms with Gasteiger partial charge in [-0.05, 0) is 61.1 Å². The lowest BCUT2D eigenvalue weighted by atomic mass is 10.2. The van der Waals surface area contributed by atoms with E-state index in [4.69, 9.17) is 28.2 Å². The van der Waals surface area contributed by atoms with E-state index in [2.05, 4.69) is 5.32 Å².